The SMILES string of the molecule is OC1C(OCc2ccccc2)[C@H](O[C@@H]2C3CO[C@H](O3)C3OC32)OC(COCc2ccccc2)[C@H]1OCc1ccccc1. The predicted molar refractivity (Wildman–Crippen MR) is 149 cm³/mol. The maximum absolute atomic E-state index is 11.8. The lowest BCUT2D eigenvalue weighted by Gasteiger charge is -2.45. The number of hydrogen-bond acceptors (Lipinski definition) is 9. The van der Waals surface area contributed by atoms with Crippen LogP contribution in [0.1, 0.15) is 16.7 Å². The van der Waals surface area contributed by atoms with Gasteiger partial charge >= 0.3 is 0 Å². The molecular weight excluding hydrogens is 540 g/mol. The number of fused-ring (bicyclic) bond motifs is 4. The van der Waals surface area contributed by atoms with Crippen molar-refractivity contribution in [1.82, 2.24) is 0 Å². The van der Waals surface area contributed by atoms with Crippen LogP contribution in [0.2, 0.25) is 0 Å². The molecule has 2 bridgehead atoms. The minimum absolute atomic E-state index is 0.147. The van der Waals surface area contributed by atoms with E-state index in [1.54, 1.807) is 0 Å². The van der Waals surface area contributed by atoms with Crippen molar-refractivity contribution in [3.63, 3.8) is 0 Å². The summed E-state index contributed by atoms with van der Waals surface area (Å²) in [5.74, 6) is 0. The van der Waals surface area contributed by atoms with Crippen molar-refractivity contribution < 1.29 is 43.0 Å². The number of aliphatic hydroxyl groups is 1. The van der Waals surface area contributed by atoms with Gasteiger partial charge in [0.2, 0.25) is 0 Å². The molecule has 7 rings (SSSR count). The van der Waals surface area contributed by atoms with Crippen LogP contribution in [0.4, 0.5) is 0 Å². The van der Waals surface area contributed by atoms with Crippen LogP contribution in [0.15, 0.2) is 91.0 Å². The van der Waals surface area contributed by atoms with Crippen molar-refractivity contribution in [3.05, 3.63) is 108 Å². The first-order valence-corrected chi connectivity index (χ1v) is 14.6. The molecule has 0 aromatic heterocycles. The molecule has 0 amide bonds. The highest BCUT2D eigenvalue weighted by molar-refractivity contribution is 5.15. The van der Waals surface area contributed by atoms with Crippen molar-refractivity contribution in [2.24, 2.45) is 0 Å². The average Bonchev–Trinajstić information content (AvgIpc) is 3.72. The van der Waals surface area contributed by atoms with Crippen molar-refractivity contribution in [1.29, 1.82) is 0 Å². The van der Waals surface area contributed by atoms with Gasteiger partial charge in [-0.3, -0.25) is 0 Å². The fourth-order valence-corrected chi connectivity index (χ4v) is 5.86. The molecule has 9 heteroatoms. The van der Waals surface area contributed by atoms with Crippen molar-refractivity contribution in [3.8, 4) is 0 Å². The third-order valence-electron chi connectivity index (χ3n) is 8.13. The molecule has 9 nitrogen and oxygen atoms in total. The molecule has 3 aromatic carbocycles. The first-order valence-electron chi connectivity index (χ1n) is 14.6. The summed E-state index contributed by atoms with van der Waals surface area (Å²) < 4.78 is 49.4. The van der Waals surface area contributed by atoms with Crippen LogP contribution in [-0.4, -0.2) is 79.7 Å². The van der Waals surface area contributed by atoms with Crippen LogP contribution in [-0.2, 0) is 57.7 Å². The molecule has 42 heavy (non-hydrogen) atoms. The van der Waals surface area contributed by atoms with Gasteiger partial charge in [-0.05, 0) is 16.7 Å². The summed E-state index contributed by atoms with van der Waals surface area (Å²) in [6, 6.07) is 29.6. The fraction of sp³-hybridized carbons (Fsp3) is 0.455. The maximum Gasteiger partial charge on any atom is 0.187 e. The predicted octanol–water partition coefficient (Wildman–Crippen LogP) is 3.37. The highest BCUT2D eigenvalue weighted by Crippen LogP contribution is 2.44. The molecule has 0 spiro atoms. The van der Waals surface area contributed by atoms with Crippen molar-refractivity contribution in [2.45, 2.75) is 81.2 Å². The Balaban J connectivity index is 1.11. The van der Waals surface area contributed by atoms with Gasteiger partial charge in [0.1, 0.15) is 48.8 Å². The van der Waals surface area contributed by atoms with E-state index >= 15 is 0 Å². The number of aliphatic hydroxyl groups excluding tert-OH is 1. The van der Waals surface area contributed by atoms with Crippen LogP contribution in [0, 0.1) is 0 Å². The third-order valence-corrected chi connectivity index (χ3v) is 8.13. The molecule has 4 saturated heterocycles. The van der Waals surface area contributed by atoms with Gasteiger partial charge in [0.25, 0.3) is 0 Å². The highest BCUT2D eigenvalue weighted by atomic mass is 16.8. The highest BCUT2D eigenvalue weighted by Gasteiger charge is 2.63. The van der Waals surface area contributed by atoms with E-state index in [0.717, 1.165) is 16.7 Å². The molecule has 3 aromatic rings. The summed E-state index contributed by atoms with van der Waals surface area (Å²) in [7, 11) is 0. The van der Waals surface area contributed by atoms with E-state index in [4.69, 9.17) is 37.9 Å². The lowest BCUT2D eigenvalue weighted by Crippen LogP contribution is -2.62. The van der Waals surface area contributed by atoms with E-state index in [-0.39, 0.29) is 37.8 Å². The minimum atomic E-state index is -1.06. The Bertz CT molecular complexity index is 1260. The zero-order chi connectivity index (χ0) is 28.3. The quantitative estimate of drug-likeness (QED) is 0.326. The first kappa shape index (κ1) is 28.1. The smallest absolute Gasteiger partial charge is 0.187 e. The van der Waals surface area contributed by atoms with Gasteiger partial charge in [-0.2, -0.15) is 0 Å². The molecule has 0 radical (unpaired) electrons. The Morgan fingerprint density at radius 1 is 0.643 bits per heavy atom. The number of hydrogen-bond donors (Lipinski definition) is 1. The van der Waals surface area contributed by atoms with Crippen LogP contribution >= 0.6 is 0 Å². The Kier molecular flexibility index (Phi) is 8.62. The molecule has 10 atom stereocenters. The summed E-state index contributed by atoms with van der Waals surface area (Å²) in [6.45, 7) is 1.58. The van der Waals surface area contributed by atoms with E-state index in [2.05, 4.69) is 0 Å². The lowest BCUT2D eigenvalue weighted by atomic mass is 9.98. The summed E-state index contributed by atoms with van der Waals surface area (Å²) >= 11 is 0. The Morgan fingerprint density at radius 3 is 1.88 bits per heavy atom. The van der Waals surface area contributed by atoms with E-state index in [9.17, 15) is 5.11 Å². The van der Waals surface area contributed by atoms with Gasteiger partial charge in [-0.15, -0.1) is 0 Å². The number of epoxide rings is 1. The molecule has 4 aliphatic rings. The number of rotatable bonds is 12. The second-order valence-corrected chi connectivity index (χ2v) is 11.1. The minimum Gasteiger partial charge on any atom is -0.387 e. The van der Waals surface area contributed by atoms with Gasteiger partial charge < -0.3 is 43.0 Å². The maximum atomic E-state index is 11.8. The molecule has 4 fully saturated rings. The molecular formula is C33H36O9. The molecule has 0 saturated carbocycles. The average molecular weight is 577 g/mol. The van der Waals surface area contributed by atoms with E-state index in [1.165, 1.54) is 0 Å². The van der Waals surface area contributed by atoms with Gasteiger partial charge in [0.05, 0.1) is 33.0 Å². The summed E-state index contributed by atoms with van der Waals surface area (Å²) in [5, 5.41) is 11.8. The van der Waals surface area contributed by atoms with E-state index in [0.29, 0.717) is 19.8 Å². The fourth-order valence-electron chi connectivity index (χ4n) is 5.86. The number of benzene rings is 3. The number of ether oxygens (including phenoxy) is 8. The largest absolute Gasteiger partial charge is 0.387 e. The first-order chi connectivity index (χ1) is 20.7. The van der Waals surface area contributed by atoms with Gasteiger partial charge in [0, 0.05) is 0 Å². The molecule has 4 heterocycles. The van der Waals surface area contributed by atoms with Crippen LogP contribution < -0.4 is 0 Å². The van der Waals surface area contributed by atoms with Crippen molar-refractivity contribution in [2.75, 3.05) is 13.2 Å². The van der Waals surface area contributed by atoms with Crippen LogP contribution in [0.5, 0.6) is 0 Å². The normalized spacial score (nSPS) is 35.1. The monoisotopic (exact) mass is 576 g/mol. The standard InChI is InChI=1S/C33H36O9/c34-26-27(36-17-22-12-6-2-7-13-22)24(19-35-16-21-10-4-1-5-11-21)40-33(29(26)37-18-23-14-8-3-9-15-23)42-28-25-20-38-32(39-25)31-30(28)41-31/h1-15,24-34H,16-20H2/t24?,25?,26?,27-,28-,29?,30?,31?,32-,33+/m1/s1. The Morgan fingerprint density at radius 2 is 1.24 bits per heavy atom. The second-order valence-electron chi connectivity index (χ2n) is 11.1. The van der Waals surface area contributed by atoms with Crippen LogP contribution in [0.3, 0.4) is 0 Å². The molecule has 222 valence electrons. The third kappa shape index (κ3) is 6.30. The summed E-state index contributed by atoms with van der Waals surface area (Å²) in [5.41, 5.74) is 3.00. The second kappa shape index (κ2) is 12.9. The molecule has 4 aliphatic heterocycles. The Labute approximate surface area is 245 Å². The zero-order valence-corrected chi connectivity index (χ0v) is 23.2. The topological polar surface area (TPSA) is 97.4 Å². The van der Waals surface area contributed by atoms with Gasteiger partial charge in [-0.1, -0.05) is 91.0 Å². The van der Waals surface area contributed by atoms with Crippen molar-refractivity contribution >= 4 is 0 Å². The summed E-state index contributed by atoms with van der Waals surface area (Å²) in [6.07, 6.45) is -5.52. The Hall–Kier alpha value is -2.70. The van der Waals surface area contributed by atoms with Crippen LogP contribution in [0.25, 0.3) is 0 Å². The zero-order valence-electron chi connectivity index (χ0n) is 23.2. The molecule has 1 N–H and O–H groups in total. The molecule has 0 aliphatic carbocycles. The lowest BCUT2D eigenvalue weighted by molar-refractivity contribution is -0.336. The van der Waals surface area contributed by atoms with Gasteiger partial charge in [0.15, 0.2) is 12.6 Å². The van der Waals surface area contributed by atoms with E-state index < -0.39 is 36.8 Å². The summed E-state index contributed by atoms with van der Waals surface area (Å²) in [4.78, 5) is 0. The van der Waals surface area contributed by atoms with E-state index in [1.807, 2.05) is 91.0 Å². The van der Waals surface area contributed by atoms with Gasteiger partial charge in [-0.25, -0.2) is 0 Å². The molecule has 6 unspecified atom stereocenters.